The summed E-state index contributed by atoms with van der Waals surface area (Å²) >= 11 is 0. The highest BCUT2D eigenvalue weighted by Crippen LogP contribution is 2.27. The van der Waals surface area contributed by atoms with Gasteiger partial charge in [-0.1, -0.05) is 37.1 Å². The fourth-order valence-electron chi connectivity index (χ4n) is 6.36. The molecule has 55 heavy (non-hydrogen) atoms. The van der Waals surface area contributed by atoms with E-state index in [1.54, 1.807) is 0 Å². The summed E-state index contributed by atoms with van der Waals surface area (Å²) in [6.07, 6.45) is 4.36. The first kappa shape index (κ1) is 40.6. The van der Waals surface area contributed by atoms with E-state index >= 15 is 0 Å². The SMILES string of the molecule is C[Si](C)(CCCCOc1cccc(N)c1)O[Si](C)(C)CCCCOc1cccc(N)c1.O=C(c1ccc2c(c1)C(=O)OC2=O)c1ccc2c(c1)C(=O)OC2=O. The van der Waals surface area contributed by atoms with Crippen LogP contribution < -0.4 is 20.9 Å². The Kier molecular flexibility index (Phi) is 13.1. The number of ketones is 1. The Morgan fingerprint density at radius 2 is 0.945 bits per heavy atom. The molecule has 0 bridgehead atoms. The highest BCUT2D eigenvalue weighted by molar-refractivity contribution is 6.84. The van der Waals surface area contributed by atoms with E-state index in [-0.39, 0.29) is 33.4 Å². The number of unbranched alkanes of at least 4 members (excludes halogenated alkanes) is 2. The Morgan fingerprint density at radius 3 is 1.35 bits per heavy atom. The molecule has 4 aromatic rings. The van der Waals surface area contributed by atoms with Crippen LogP contribution in [0, 0.1) is 0 Å². The Morgan fingerprint density at radius 1 is 0.545 bits per heavy atom. The van der Waals surface area contributed by atoms with Gasteiger partial charge >= 0.3 is 23.9 Å². The minimum absolute atomic E-state index is 0.0154. The molecule has 0 atom stereocenters. The first-order valence-electron chi connectivity index (χ1n) is 18.1. The number of carbonyl (C=O) groups is 5. The number of nitrogens with two attached hydrogens (primary N) is 2. The van der Waals surface area contributed by atoms with Crippen LogP contribution in [-0.2, 0) is 13.6 Å². The average molecular weight is 783 g/mol. The third-order valence-corrected chi connectivity index (χ3v) is 16.5. The number of nitrogen functional groups attached to an aromatic ring is 2. The quantitative estimate of drug-likeness (QED) is 0.0281. The van der Waals surface area contributed by atoms with Crippen LogP contribution in [0.5, 0.6) is 11.5 Å². The molecule has 0 aliphatic carbocycles. The molecule has 0 amide bonds. The second-order valence-electron chi connectivity index (χ2n) is 14.6. The Bertz CT molecular complexity index is 1950. The monoisotopic (exact) mass is 782 g/mol. The number of benzene rings is 4. The number of cyclic esters (lactones) is 4. The van der Waals surface area contributed by atoms with E-state index in [1.165, 1.54) is 48.5 Å². The normalized spacial score (nSPS) is 13.3. The Balaban J connectivity index is 0.000000217. The lowest BCUT2D eigenvalue weighted by atomic mass is 9.96. The fraction of sp³-hybridized carbons (Fsp3) is 0.293. The van der Waals surface area contributed by atoms with Gasteiger partial charge in [-0.3, -0.25) is 4.79 Å². The number of hydrogen-bond acceptors (Lipinski definition) is 12. The van der Waals surface area contributed by atoms with Crippen molar-refractivity contribution in [2.75, 3.05) is 24.7 Å². The minimum atomic E-state index is -1.66. The van der Waals surface area contributed by atoms with Gasteiger partial charge in [-0.25, -0.2) is 19.2 Å². The molecule has 0 saturated carbocycles. The molecular formula is C41H46N2O10Si2. The summed E-state index contributed by atoms with van der Waals surface area (Å²) in [6.45, 7) is 10.9. The predicted octanol–water partition coefficient (Wildman–Crippen LogP) is 7.83. The summed E-state index contributed by atoms with van der Waals surface area (Å²) in [5.41, 5.74) is 13.6. The van der Waals surface area contributed by atoms with Crippen LogP contribution in [0.1, 0.15) is 83.0 Å². The molecule has 0 fully saturated rings. The van der Waals surface area contributed by atoms with E-state index < -0.39 is 46.3 Å². The third kappa shape index (κ3) is 11.2. The zero-order chi connectivity index (χ0) is 39.8. The van der Waals surface area contributed by atoms with E-state index in [4.69, 9.17) is 25.1 Å². The molecule has 0 aromatic heterocycles. The Hall–Kier alpha value is -5.58. The number of carbonyl (C=O) groups excluding carboxylic acids is 5. The maximum absolute atomic E-state index is 12.5. The topological polar surface area (TPSA) is 184 Å². The number of hydrogen-bond donors (Lipinski definition) is 2. The molecule has 0 spiro atoms. The van der Waals surface area contributed by atoms with Gasteiger partial charge in [-0.15, -0.1) is 0 Å². The summed E-state index contributed by atoms with van der Waals surface area (Å²) in [6, 6.07) is 25.5. The summed E-state index contributed by atoms with van der Waals surface area (Å²) < 4.78 is 27.3. The molecule has 14 heteroatoms. The van der Waals surface area contributed by atoms with Crippen molar-refractivity contribution in [2.45, 2.75) is 64.0 Å². The van der Waals surface area contributed by atoms with Crippen LogP contribution in [0.3, 0.4) is 0 Å². The van der Waals surface area contributed by atoms with Crippen LogP contribution in [-0.4, -0.2) is 59.5 Å². The molecule has 0 unspecified atom stereocenters. The molecule has 12 nitrogen and oxygen atoms in total. The molecule has 2 heterocycles. The largest absolute Gasteiger partial charge is 0.494 e. The molecule has 0 radical (unpaired) electrons. The fourth-order valence-corrected chi connectivity index (χ4v) is 15.4. The highest BCUT2D eigenvalue weighted by atomic mass is 28.4. The van der Waals surface area contributed by atoms with Crippen molar-refractivity contribution < 1.29 is 47.0 Å². The highest BCUT2D eigenvalue weighted by Gasteiger charge is 2.34. The van der Waals surface area contributed by atoms with Crippen LogP contribution in [0.2, 0.25) is 38.3 Å². The Labute approximate surface area is 322 Å². The van der Waals surface area contributed by atoms with Gasteiger partial charge in [0.2, 0.25) is 0 Å². The molecule has 0 saturated heterocycles. The summed E-state index contributed by atoms with van der Waals surface area (Å²) in [7, 11) is -3.33. The van der Waals surface area contributed by atoms with Gasteiger partial charge in [0.15, 0.2) is 22.4 Å². The first-order chi connectivity index (χ1) is 26.1. The van der Waals surface area contributed by atoms with Crippen LogP contribution >= 0.6 is 0 Å². The number of rotatable bonds is 16. The standard InChI is InChI=1S/C24H40N2O3Si2.C17H6O7/c1-30(2,17-7-5-15-27-23-13-9-11-21(25)19-23)29-31(3,4)18-8-6-16-28-24-14-10-12-22(26)20-24;18-13(7-1-3-9-11(5-7)16(21)23-14(9)19)8-2-4-10-12(6-8)17(22)24-15(10)20/h9-14,19-20H,5-8,15-18,25-26H2,1-4H3;1-6H. The zero-order valence-corrected chi connectivity index (χ0v) is 33.5. The van der Waals surface area contributed by atoms with Crippen molar-refractivity contribution in [2.24, 2.45) is 0 Å². The van der Waals surface area contributed by atoms with Crippen molar-refractivity contribution in [3.05, 3.63) is 118 Å². The van der Waals surface area contributed by atoms with Gasteiger partial charge in [0.05, 0.1) is 35.5 Å². The molecule has 4 aromatic carbocycles. The maximum atomic E-state index is 12.5. The van der Waals surface area contributed by atoms with Gasteiger partial charge in [0.1, 0.15) is 11.5 Å². The van der Waals surface area contributed by atoms with E-state index in [0.717, 1.165) is 61.8 Å². The van der Waals surface area contributed by atoms with Gasteiger partial charge < -0.3 is 34.5 Å². The number of ether oxygens (including phenoxy) is 4. The van der Waals surface area contributed by atoms with E-state index in [1.807, 2.05) is 48.5 Å². The average Bonchev–Trinajstić information content (AvgIpc) is 3.58. The summed E-state index contributed by atoms with van der Waals surface area (Å²) in [4.78, 5) is 58.5. The number of anilines is 2. The second kappa shape index (κ2) is 17.7. The number of esters is 4. The van der Waals surface area contributed by atoms with Gasteiger partial charge in [-0.2, -0.15) is 0 Å². The van der Waals surface area contributed by atoms with Crippen LogP contribution in [0.15, 0.2) is 84.9 Å². The lowest BCUT2D eigenvalue weighted by Gasteiger charge is -2.34. The van der Waals surface area contributed by atoms with Gasteiger partial charge in [0.25, 0.3) is 0 Å². The zero-order valence-electron chi connectivity index (χ0n) is 31.5. The van der Waals surface area contributed by atoms with Crippen molar-refractivity contribution in [3.63, 3.8) is 0 Å². The van der Waals surface area contributed by atoms with Crippen molar-refractivity contribution >= 4 is 57.7 Å². The van der Waals surface area contributed by atoms with Crippen LogP contribution in [0.4, 0.5) is 11.4 Å². The van der Waals surface area contributed by atoms with E-state index in [0.29, 0.717) is 0 Å². The minimum Gasteiger partial charge on any atom is -0.494 e. The maximum Gasteiger partial charge on any atom is 0.346 e. The van der Waals surface area contributed by atoms with Crippen molar-refractivity contribution in [3.8, 4) is 11.5 Å². The summed E-state index contributed by atoms with van der Waals surface area (Å²) in [5.74, 6) is -1.91. The van der Waals surface area contributed by atoms with Gasteiger partial charge in [0, 0.05) is 34.6 Å². The lowest BCUT2D eigenvalue weighted by Crippen LogP contribution is -2.44. The summed E-state index contributed by atoms with van der Waals surface area (Å²) in [5, 5.41) is 0. The smallest absolute Gasteiger partial charge is 0.346 e. The van der Waals surface area contributed by atoms with Crippen molar-refractivity contribution in [1.29, 1.82) is 0 Å². The first-order valence-corrected chi connectivity index (χ1v) is 24.4. The van der Waals surface area contributed by atoms with E-state index in [9.17, 15) is 24.0 Å². The van der Waals surface area contributed by atoms with E-state index in [2.05, 4.69) is 35.7 Å². The van der Waals surface area contributed by atoms with Crippen LogP contribution in [0.25, 0.3) is 0 Å². The molecule has 2 aliphatic rings. The molecule has 4 N–H and O–H groups in total. The van der Waals surface area contributed by atoms with Gasteiger partial charge in [-0.05, 0) is 99.6 Å². The molecular weight excluding hydrogens is 737 g/mol. The molecule has 2 aliphatic heterocycles. The molecule has 6 rings (SSSR count). The van der Waals surface area contributed by atoms with Crippen molar-refractivity contribution in [1.82, 2.24) is 0 Å². The predicted molar refractivity (Wildman–Crippen MR) is 213 cm³/mol. The lowest BCUT2D eigenvalue weighted by molar-refractivity contribution is 0.0425. The number of fused-ring (bicyclic) bond motifs is 2. The molecule has 288 valence electrons. The third-order valence-electron chi connectivity index (χ3n) is 8.97. The second-order valence-corrected chi connectivity index (χ2v) is 23.4.